The van der Waals surface area contributed by atoms with Crippen molar-refractivity contribution in [2.45, 2.75) is 0 Å². The highest BCUT2D eigenvalue weighted by atomic mass is 35.5. The van der Waals surface area contributed by atoms with Gasteiger partial charge in [0.2, 0.25) is 0 Å². The topological polar surface area (TPSA) is 64.1 Å². The number of ether oxygens (including phenoxy) is 3. The molecule has 0 unspecified atom stereocenters. The number of anilines is 1. The summed E-state index contributed by atoms with van der Waals surface area (Å²) < 4.78 is 17.5. The number of hydrogen-bond acceptors (Lipinski definition) is 7. The van der Waals surface area contributed by atoms with E-state index in [4.69, 9.17) is 19.2 Å². The van der Waals surface area contributed by atoms with Crippen LogP contribution in [-0.2, 0) is 0 Å². The maximum absolute atomic E-state index is 13.4. The first-order valence-corrected chi connectivity index (χ1v) is 10.2. The van der Waals surface area contributed by atoms with Gasteiger partial charge in [-0.15, -0.1) is 12.4 Å². The van der Waals surface area contributed by atoms with Crippen LogP contribution in [0.3, 0.4) is 0 Å². The number of thiazole rings is 1. The van der Waals surface area contributed by atoms with E-state index in [0.717, 1.165) is 22.5 Å². The first kappa shape index (κ1) is 22.1. The van der Waals surface area contributed by atoms with Gasteiger partial charge < -0.3 is 19.1 Å². The van der Waals surface area contributed by atoms with E-state index in [0.29, 0.717) is 42.0 Å². The van der Waals surface area contributed by atoms with Crippen molar-refractivity contribution >= 4 is 45.0 Å². The van der Waals surface area contributed by atoms with Gasteiger partial charge in [-0.2, -0.15) is 0 Å². The number of benzene rings is 2. The van der Waals surface area contributed by atoms with E-state index < -0.39 is 0 Å². The molecule has 2 heterocycles. The Bertz CT molecular complexity index is 1040. The van der Waals surface area contributed by atoms with Crippen LogP contribution in [0.25, 0.3) is 10.2 Å². The maximum atomic E-state index is 13.4. The molecule has 1 amide bonds. The quantitative estimate of drug-likeness (QED) is 0.571. The Morgan fingerprint density at radius 3 is 2.60 bits per heavy atom. The number of hydrogen-bond donors (Lipinski definition) is 0. The van der Waals surface area contributed by atoms with Crippen LogP contribution in [0.5, 0.6) is 17.2 Å². The molecule has 0 saturated heterocycles. The Labute approximate surface area is 185 Å². The van der Waals surface area contributed by atoms with Crippen LogP contribution < -0.4 is 19.1 Å². The summed E-state index contributed by atoms with van der Waals surface area (Å²) in [6.45, 7) is 2.24. The van der Waals surface area contributed by atoms with Gasteiger partial charge in [0.1, 0.15) is 19.0 Å². The molecule has 0 spiro atoms. The lowest BCUT2D eigenvalue weighted by atomic mass is 10.1. The van der Waals surface area contributed by atoms with Gasteiger partial charge in [0, 0.05) is 24.7 Å². The molecule has 0 fully saturated rings. The van der Waals surface area contributed by atoms with E-state index in [1.807, 2.05) is 37.2 Å². The Morgan fingerprint density at radius 2 is 1.87 bits per heavy atom. The van der Waals surface area contributed by atoms with Crippen molar-refractivity contribution in [1.29, 1.82) is 0 Å². The summed E-state index contributed by atoms with van der Waals surface area (Å²) in [6, 6.07) is 11.1. The minimum atomic E-state index is -0.116. The van der Waals surface area contributed by atoms with E-state index in [1.54, 1.807) is 30.2 Å². The Balaban J connectivity index is 0.00000256. The Morgan fingerprint density at radius 1 is 1.10 bits per heavy atom. The highest BCUT2D eigenvalue weighted by Crippen LogP contribution is 2.34. The monoisotopic (exact) mass is 449 g/mol. The van der Waals surface area contributed by atoms with Gasteiger partial charge in [0.25, 0.3) is 5.91 Å². The van der Waals surface area contributed by atoms with Crippen LogP contribution in [0.2, 0.25) is 0 Å². The fraction of sp³-hybridized carbons (Fsp3) is 0.333. The number of carbonyl (C=O) groups excluding carboxylic acids is 1. The molecule has 7 nitrogen and oxygen atoms in total. The average molecular weight is 450 g/mol. The van der Waals surface area contributed by atoms with Crippen LogP contribution >= 0.6 is 23.7 Å². The molecule has 0 bridgehead atoms. The number of halogens is 1. The van der Waals surface area contributed by atoms with Gasteiger partial charge in [-0.1, -0.05) is 11.3 Å². The Kier molecular flexibility index (Phi) is 7.02. The van der Waals surface area contributed by atoms with Gasteiger partial charge in [0.05, 0.1) is 17.3 Å². The third-order valence-electron chi connectivity index (χ3n) is 4.62. The molecule has 4 rings (SSSR count). The molecule has 0 aliphatic carbocycles. The predicted molar refractivity (Wildman–Crippen MR) is 121 cm³/mol. The van der Waals surface area contributed by atoms with Crippen molar-refractivity contribution < 1.29 is 19.0 Å². The smallest absolute Gasteiger partial charge is 0.260 e. The standard InChI is InChI=1S/C21H23N3O4S.ClH/c1-23(2)8-9-24(21-22-16-13-15(26-3)5-7-19(16)29-21)20(25)14-4-6-17-18(12-14)28-11-10-27-17;/h4-7,12-13H,8-11H2,1-3H3;1H. The van der Waals surface area contributed by atoms with E-state index >= 15 is 0 Å². The zero-order chi connectivity index (χ0) is 20.4. The van der Waals surface area contributed by atoms with Crippen molar-refractivity contribution in [3.05, 3.63) is 42.0 Å². The first-order chi connectivity index (χ1) is 14.0. The lowest BCUT2D eigenvalue weighted by Gasteiger charge is -2.23. The van der Waals surface area contributed by atoms with Crippen molar-refractivity contribution in [2.75, 3.05) is 52.4 Å². The normalized spacial score (nSPS) is 12.5. The van der Waals surface area contributed by atoms with Crippen LogP contribution in [0, 0.1) is 0 Å². The molecule has 30 heavy (non-hydrogen) atoms. The number of likely N-dealkylation sites (N-methyl/N-ethyl adjacent to an activating group) is 1. The lowest BCUT2D eigenvalue weighted by Crippen LogP contribution is -2.36. The molecule has 1 aromatic heterocycles. The van der Waals surface area contributed by atoms with Crippen molar-refractivity contribution in [3.63, 3.8) is 0 Å². The summed E-state index contributed by atoms with van der Waals surface area (Å²) in [5, 5.41) is 0.662. The zero-order valence-corrected chi connectivity index (χ0v) is 18.7. The van der Waals surface area contributed by atoms with E-state index in [-0.39, 0.29) is 18.3 Å². The molecule has 1 aliphatic heterocycles. The van der Waals surface area contributed by atoms with Gasteiger partial charge in [0.15, 0.2) is 16.6 Å². The van der Waals surface area contributed by atoms with Crippen molar-refractivity contribution in [3.8, 4) is 17.2 Å². The molecule has 2 aromatic carbocycles. The number of carbonyl (C=O) groups is 1. The highest BCUT2D eigenvalue weighted by Gasteiger charge is 2.23. The third kappa shape index (κ3) is 4.61. The lowest BCUT2D eigenvalue weighted by molar-refractivity contribution is 0.0984. The zero-order valence-electron chi connectivity index (χ0n) is 17.1. The van der Waals surface area contributed by atoms with Gasteiger partial charge >= 0.3 is 0 Å². The van der Waals surface area contributed by atoms with Gasteiger partial charge in [-0.3, -0.25) is 9.69 Å². The molecule has 0 saturated carbocycles. The second-order valence-corrected chi connectivity index (χ2v) is 7.96. The number of aromatic nitrogens is 1. The van der Waals surface area contributed by atoms with Crippen LogP contribution in [0.1, 0.15) is 10.4 Å². The summed E-state index contributed by atoms with van der Waals surface area (Å²) in [5.41, 5.74) is 1.36. The Hall–Kier alpha value is -2.55. The predicted octanol–water partition coefficient (Wildman–Crippen LogP) is 3.71. The van der Waals surface area contributed by atoms with Crippen LogP contribution in [0.4, 0.5) is 5.13 Å². The summed E-state index contributed by atoms with van der Waals surface area (Å²) >= 11 is 1.49. The molecular formula is C21H24ClN3O4S. The van der Waals surface area contributed by atoms with Gasteiger partial charge in [-0.05, 0) is 44.4 Å². The average Bonchev–Trinajstić information content (AvgIpc) is 3.15. The molecule has 3 aromatic rings. The van der Waals surface area contributed by atoms with E-state index in [1.165, 1.54) is 11.3 Å². The second-order valence-electron chi connectivity index (χ2n) is 6.95. The highest BCUT2D eigenvalue weighted by molar-refractivity contribution is 7.22. The second kappa shape index (κ2) is 9.51. The van der Waals surface area contributed by atoms with Gasteiger partial charge in [-0.25, -0.2) is 4.98 Å². The van der Waals surface area contributed by atoms with Crippen LogP contribution in [0.15, 0.2) is 36.4 Å². The minimum absolute atomic E-state index is 0. The van der Waals surface area contributed by atoms with E-state index in [2.05, 4.69) is 0 Å². The maximum Gasteiger partial charge on any atom is 0.260 e. The number of nitrogens with zero attached hydrogens (tertiary/aromatic N) is 3. The molecule has 0 N–H and O–H groups in total. The number of methoxy groups -OCH3 is 1. The summed E-state index contributed by atoms with van der Waals surface area (Å²) in [7, 11) is 5.59. The molecule has 0 atom stereocenters. The number of amides is 1. The molecular weight excluding hydrogens is 426 g/mol. The first-order valence-electron chi connectivity index (χ1n) is 9.36. The summed E-state index contributed by atoms with van der Waals surface area (Å²) in [4.78, 5) is 21.9. The third-order valence-corrected chi connectivity index (χ3v) is 5.68. The molecule has 9 heteroatoms. The summed E-state index contributed by atoms with van der Waals surface area (Å²) in [5.74, 6) is 1.89. The van der Waals surface area contributed by atoms with Crippen molar-refractivity contribution in [2.24, 2.45) is 0 Å². The van der Waals surface area contributed by atoms with Crippen LogP contribution in [-0.4, -0.2) is 63.3 Å². The molecule has 0 radical (unpaired) electrons. The number of rotatable bonds is 6. The minimum Gasteiger partial charge on any atom is -0.497 e. The fourth-order valence-corrected chi connectivity index (χ4v) is 4.02. The summed E-state index contributed by atoms with van der Waals surface area (Å²) in [6.07, 6.45) is 0. The number of fused-ring (bicyclic) bond motifs is 2. The fourth-order valence-electron chi connectivity index (χ4n) is 3.05. The molecule has 160 valence electrons. The molecule has 1 aliphatic rings. The SMILES string of the molecule is COc1ccc2sc(N(CCN(C)C)C(=O)c3ccc4c(c3)OCCO4)nc2c1.Cl. The van der Waals surface area contributed by atoms with Crippen molar-refractivity contribution in [1.82, 2.24) is 9.88 Å². The largest absolute Gasteiger partial charge is 0.497 e. The van der Waals surface area contributed by atoms with E-state index in [9.17, 15) is 4.79 Å².